The molecule has 3 nitrogen and oxygen atoms in total. The van der Waals surface area contributed by atoms with E-state index in [1.165, 1.54) is 43.2 Å². The number of carbonyl (C=O) groups is 1. The van der Waals surface area contributed by atoms with Crippen molar-refractivity contribution < 1.29 is 13.6 Å². The van der Waals surface area contributed by atoms with E-state index < -0.39 is 23.0 Å². The summed E-state index contributed by atoms with van der Waals surface area (Å²) in [7, 11) is 0. The van der Waals surface area contributed by atoms with Crippen LogP contribution in [0, 0.1) is 11.6 Å². The third-order valence-electron chi connectivity index (χ3n) is 5.40. The van der Waals surface area contributed by atoms with Gasteiger partial charge in [-0.2, -0.15) is 0 Å². The molecule has 1 saturated heterocycles. The summed E-state index contributed by atoms with van der Waals surface area (Å²) < 4.78 is 28.2. The Balaban J connectivity index is 1.61. The smallest absolute Gasteiger partial charge is 0.234 e. The van der Waals surface area contributed by atoms with Crippen molar-refractivity contribution in [1.29, 1.82) is 0 Å². The third-order valence-corrected chi connectivity index (χ3v) is 5.40. The molecular formula is C20H20F2N2O. The fraction of sp³-hybridized carbons (Fsp3) is 0.350. The second-order valence-electron chi connectivity index (χ2n) is 7.37. The molecule has 0 aliphatic carbocycles. The SMILES string of the molecule is CC(C)(C(=O)Nc1ccc2c(c1)C1CCC2N1)c1c(F)cccc1F. The standard InChI is InChI=1S/C20H20F2N2O/c1-20(2,18-14(21)4-3-5-15(18)22)19(25)23-11-6-7-12-13(10-11)17-9-8-16(12)24-17/h3-7,10,16-17,24H,8-9H2,1-2H3,(H,23,25). The van der Waals surface area contributed by atoms with E-state index in [0.717, 1.165) is 12.8 Å². The molecule has 2 unspecified atom stereocenters. The van der Waals surface area contributed by atoms with Gasteiger partial charge in [0.2, 0.25) is 5.91 Å². The van der Waals surface area contributed by atoms with Crippen molar-refractivity contribution in [3.8, 4) is 0 Å². The molecule has 0 aromatic heterocycles. The fourth-order valence-electron chi connectivity index (χ4n) is 4.00. The van der Waals surface area contributed by atoms with Crippen molar-refractivity contribution in [3.63, 3.8) is 0 Å². The van der Waals surface area contributed by atoms with Gasteiger partial charge in [0.25, 0.3) is 0 Å². The second-order valence-corrected chi connectivity index (χ2v) is 7.37. The fourth-order valence-corrected chi connectivity index (χ4v) is 4.00. The van der Waals surface area contributed by atoms with E-state index in [2.05, 4.69) is 10.6 Å². The predicted molar refractivity (Wildman–Crippen MR) is 92.3 cm³/mol. The van der Waals surface area contributed by atoms with Gasteiger partial charge in [0.05, 0.1) is 5.41 Å². The molecule has 130 valence electrons. The summed E-state index contributed by atoms with van der Waals surface area (Å²) in [6.07, 6.45) is 2.24. The molecule has 2 N–H and O–H groups in total. The zero-order valence-electron chi connectivity index (χ0n) is 14.2. The number of hydrogen-bond acceptors (Lipinski definition) is 2. The Labute approximate surface area is 145 Å². The number of benzene rings is 2. The highest BCUT2D eigenvalue weighted by Gasteiger charge is 2.37. The summed E-state index contributed by atoms with van der Waals surface area (Å²) in [5.41, 5.74) is 1.61. The lowest BCUT2D eigenvalue weighted by molar-refractivity contribution is -0.120. The van der Waals surface area contributed by atoms with E-state index in [1.54, 1.807) is 0 Å². The summed E-state index contributed by atoms with van der Waals surface area (Å²) in [6.45, 7) is 3.06. The number of anilines is 1. The first kappa shape index (κ1) is 16.2. The average molecular weight is 342 g/mol. The highest BCUT2D eigenvalue weighted by atomic mass is 19.1. The lowest BCUT2D eigenvalue weighted by Gasteiger charge is -2.25. The van der Waals surface area contributed by atoms with E-state index in [9.17, 15) is 13.6 Å². The van der Waals surface area contributed by atoms with Crippen LogP contribution < -0.4 is 10.6 Å². The summed E-state index contributed by atoms with van der Waals surface area (Å²) in [4.78, 5) is 12.7. The number of rotatable bonds is 3. The molecule has 0 radical (unpaired) electrons. The van der Waals surface area contributed by atoms with E-state index in [0.29, 0.717) is 17.8 Å². The number of halogens is 2. The van der Waals surface area contributed by atoms with Gasteiger partial charge in [0.1, 0.15) is 11.6 Å². The zero-order chi connectivity index (χ0) is 17.8. The number of fused-ring (bicyclic) bond motifs is 5. The molecule has 2 aromatic rings. The number of hydrogen-bond donors (Lipinski definition) is 2. The van der Waals surface area contributed by atoms with Gasteiger partial charge in [-0.1, -0.05) is 12.1 Å². The minimum atomic E-state index is -1.33. The van der Waals surface area contributed by atoms with Crippen LogP contribution in [0.15, 0.2) is 36.4 Å². The van der Waals surface area contributed by atoms with E-state index in [1.807, 2.05) is 18.2 Å². The first-order chi connectivity index (χ1) is 11.9. The van der Waals surface area contributed by atoms with Crippen LogP contribution in [0.4, 0.5) is 14.5 Å². The number of nitrogens with one attached hydrogen (secondary N) is 2. The molecular weight excluding hydrogens is 322 g/mol. The molecule has 2 heterocycles. The van der Waals surface area contributed by atoms with Crippen molar-refractivity contribution >= 4 is 11.6 Å². The van der Waals surface area contributed by atoms with Crippen molar-refractivity contribution in [1.82, 2.24) is 5.32 Å². The lowest BCUT2D eigenvalue weighted by Crippen LogP contribution is -2.36. The quantitative estimate of drug-likeness (QED) is 0.870. The van der Waals surface area contributed by atoms with E-state index in [4.69, 9.17) is 0 Å². The predicted octanol–water partition coefficient (Wildman–Crippen LogP) is 4.36. The Morgan fingerprint density at radius 3 is 2.40 bits per heavy atom. The molecule has 2 aliphatic heterocycles. The van der Waals surface area contributed by atoms with Gasteiger partial charge in [-0.05, 0) is 62.1 Å². The molecule has 1 fully saturated rings. The van der Waals surface area contributed by atoms with Crippen molar-refractivity contribution in [2.75, 3.05) is 5.32 Å². The molecule has 2 bridgehead atoms. The number of carbonyl (C=O) groups excluding carboxylic acids is 1. The van der Waals surface area contributed by atoms with Gasteiger partial charge in [-0.25, -0.2) is 8.78 Å². The first-order valence-electron chi connectivity index (χ1n) is 8.54. The minimum Gasteiger partial charge on any atom is -0.325 e. The van der Waals surface area contributed by atoms with Crippen molar-refractivity contribution in [3.05, 3.63) is 64.7 Å². The van der Waals surface area contributed by atoms with Gasteiger partial charge in [-0.3, -0.25) is 4.79 Å². The van der Waals surface area contributed by atoms with Gasteiger partial charge in [-0.15, -0.1) is 0 Å². The van der Waals surface area contributed by atoms with Crippen LogP contribution in [-0.4, -0.2) is 5.91 Å². The van der Waals surface area contributed by atoms with Crippen LogP contribution in [0.5, 0.6) is 0 Å². The Hall–Kier alpha value is -2.27. The van der Waals surface area contributed by atoms with E-state index >= 15 is 0 Å². The largest absolute Gasteiger partial charge is 0.325 e. The molecule has 5 heteroatoms. The van der Waals surface area contributed by atoms with Crippen LogP contribution in [0.2, 0.25) is 0 Å². The summed E-state index contributed by atoms with van der Waals surface area (Å²) in [6, 6.07) is 10.2. The molecule has 2 aromatic carbocycles. The monoisotopic (exact) mass is 342 g/mol. The molecule has 0 saturated carbocycles. The van der Waals surface area contributed by atoms with Crippen molar-refractivity contribution in [2.24, 2.45) is 0 Å². The topological polar surface area (TPSA) is 41.1 Å². The first-order valence-corrected chi connectivity index (χ1v) is 8.54. The van der Waals surface area contributed by atoms with Crippen molar-refractivity contribution in [2.45, 2.75) is 44.2 Å². The third kappa shape index (κ3) is 2.54. The second kappa shape index (κ2) is 5.63. The zero-order valence-corrected chi connectivity index (χ0v) is 14.2. The summed E-state index contributed by atoms with van der Waals surface area (Å²) in [5, 5.41) is 6.36. The van der Waals surface area contributed by atoms with Gasteiger partial charge in [0.15, 0.2) is 0 Å². The summed E-state index contributed by atoms with van der Waals surface area (Å²) >= 11 is 0. The Kier molecular flexibility index (Phi) is 3.65. The number of amides is 1. The Bertz CT molecular complexity index is 843. The van der Waals surface area contributed by atoms with Crippen LogP contribution in [0.3, 0.4) is 0 Å². The maximum atomic E-state index is 14.1. The maximum absolute atomic E-state index is 14.1. The normalized spacial score (nSPS) is 21.3. The van der Waals surface area contributed by atoms with Gasteiger partial charge < -0.3 is 10.6 Å². The highest BCUT2D eigenvalue weighted by molar-refractivity contribution is 5.98. The molecule has 2 aliphatic rings. The van der Waals surface area contributed by atoms with Gasteiger partial charge >= 0.3 is 0 Å². The van der Waals surface area contributed by atoms with Crippen LogP contribution in [0.1, 0.15) is 55.5 Å². The van der Waals surface area contributed by atoms with Crippen LogP contribution >= 0.6 is 0 Å². The van der Waals surface area contributed by atoms with Crippen LogP contribution in [0.25, 0.3) is 0 Å². The maximum Gasteiger partial charge on any atom is 0.234 e. The minimum absolute atomic E-state index is 0.214. The van der Waals surface area contributed by atoms with Gasteiger partial charge in [0, 0.05) is 23.3 Å². The Morgan fingerprint density at radius 2 is 1.72 bits per heavy atom. The molecule has 4 rings (SSSR count). The molecule has 25 heavy (non-hydrogen) atoms. The molecule has 0 spiro atoms. The Morgan fingerprint density at radius 1 is 1.08 bits per heavy atom. The average Bonchev–Trinajstić information content (AvgIpc) is 3.16. The molecule has 1 amide bonds. The van der Waals surface area contributed by atoms with Crippen LogP contribution in [-0.2, 0) is 10.2 Å². The summed E-state index contributed by atoms with van der Waals surface area (Å²) in [5.74, 6) is -1.86. The molecule has 2 atom stereocenters. The lowest BCUT2D eigenvalue weighted by atomic mass is 9.82. The van der Waals surface area contributed by atoms with E-state index in [-0.39, 0.29) is 5.56 Å². The highest BCUT2D eigenvalue weighted by Crippen LogP contribution is 2.45.